The number of nitrogen functional groups attached to an aromatic ring is 1. The Morgan fingerprint density at radius 1 is 1.20 bits per heavy atom. The summed E-state index contributed by atoms with van der Waals surface area (Å²) in [5.41, 5.74) is 5.09. The monoisotopic (exact) mass is 285 g/mol. The van der Waals surface area contributed by atoms with Gasteiger partial charge in [0, 0.05) is 30.0 Å². The highest BCUT2D eigenvalue weighted by molar-refractivity contribution is 5.60. The van der Waals surface area contributed by atoms with Gasteiger partial charge >= 0.3 is 6.18 Å². The molecule has 1 aromatic rings. The number of anilines is 2. The van der Waals surface area contributed by atoms with Crippen LogP contribution in [0.25, 0.3) is 0 Å². The van der Waals surface area contributed by atoms with Gasteiger partial charge in [-0.3, -0.25) is 4.90 Å². The minimum Gasteiger partial charge on any atom is -0.399 e. The third kappa shape index (κ3) is 2.44. The fourth-order valence-corrected chi connectivity index (χ4v) is 3.37. The first-order chi connectivity index (χ1) is 9.45. The van der Waals surface area contributed by atoms with E-state index >= 15 is 0 Å². The molecule has 0 radical (unpaired) electrons. The van der Waals surface area contributed by atoms with Gasteiger partial charge in [0.2, 0.25) is 0 Å². The molecule has 2 unspecified atom stereocenters. The molecular weight excluding hydrogens is 267 g/mol. The maximum atomic E-state index is 13.1. The zero-order valence-corrected chi connectivity index (χ0v) is 11.1. The number of fused-ring (bicyclic) bond motifs is 1. The van der Waals surface area contributed by atoms with Gasteiger partial charge in [-0.15, -0.1) is 0 Å². The van der Waals surface area contributed by atoms with Crippen LogP contribution in [0.2, 0.25) is 0 Å². The number of nitrogens with zero attached hydrogens (tertiary/aromatic N) is 1. The van der Waals surface area contributed by atoms with E-state index in [1.54, 1.807) is 0 Å². The highest BCUT2D eigenvalue weighted by Gasteiger charge is 2.39. The molecular formula is C14H18F3N3. The second-order valence-electron chi connectivity index (χ2n) is 5.59. The lowest BCUT2D eigenvalue weighted by Crippen LogP contribution is -2.34. The molecule has 0 saturated carbocycles. The first-order valence-electron chi connectivity index (χ1n) is 6.92. The molecule has 2 aliphatic heterocycles. The van der Waals surface area contributed by atoms with E-state index in [2.05, 4.69) is 10.2 Å². The van der Waals surface area contributed by atoms with Crippen molar-refractivity contribution in [1.82, 2.24) is 4.90 Å². The van der Waals surface area contributed by atoms with Gasteiger partial charge in [-0.25, -0.2) is 0 Å². The molecule has 0 spiro atoms. The molecule has 1 aromatic carbocycles. The van der Waals surface area contributed by atoms with Gasteiger partial charge in [0.1, 0.15) is 0 Å². The van der Waals surface area contributed by atoms with Gasteiger partial charge in [0.25, 0.3) is 0 Å². The molecule has 3 N–H and O–H groups in total. The van der Waals surface area contributed by atoms with Crippen LogP contribution in [0.5, 0.6) is 0 Å². The molecule has 110 valence electrons. The Hall–Kier alpha value is -1.43. The summed E-state index contributed by atoms with van der Waals surface area (Å²) in [6, 6.07) is 4.43. The summed E-state index contributed by atoms with van der Waals surface area (Å²) in [6.07, 6.45) is -1.29. The number of rotatable bonds is 2. The Morgan fingerprint density at radius 2 is 2.00 bits per heavy atom. The topological polar surface area (TPSA) is 41.3 Å². The first-order valence-corrected chi connectivity index (χ1v) is 6.92. The SMILES string of the molecule is Nc1ccc(NC2CCN3CCCC23)c(C(F)(F)F)c1. The summed E-state index contributed by atoms with van der Waals surface area (Å²) < 4.78 is 39.2. The van der Waals surface area contributed by atoms with Crippen LogP contribution in [0.15, 0.2) is 18.2 Å². The molecule has 0 aromatic heterocycles. The van der Waals surface area contributed by atoms with E-state index in [4.69, 9.17) is 5.73 Å². The number of benzene rings is 1. The largest absolute Gasteiger partial charge is 0.418 e. The van der Waals surface area contributed by atoms with Crippen molar-refractivity contribution in [3.63, 3.8) is 0 Å². The van der Waals surface area contributed by atoms with Crippen LogP contribution in [0, 0.1) is 0 Å². The maximum Gasteiger partial charge on any atom is 0.418 e. The molecule has 0 amide bonds. The highest BCUT2D eigenvalue weighted by Crippen LogP contribution is 2.38. The summed E-state index contributed by atoms with van der Waals surface area (Å²) in [5, 5.41) is 3.10. The molecule has 3 nitrogen and oxygen atoms in total. The number of hydrogen-bond acceptors (Lipinski definition) is 3. The van der Waals surface area contributed by atoms with Crippen molar-refractivity contribution in [3.8, 4) is 0 Å². The predicted molar refractivity (Wildman–Crippen MR) is 72.5 cm³/mol. The average molecular weight is 285 g/mol. The van der Waals surface area contributed by atoms with E-state index < -0.39 is 11.7 Å². The second kappa shape index (κ2) is 4.84. The van der Waals surface area contributed by atoms with E-state index in [1.807, 2.05) is 0 Å². The predicted octanol–water partition coefficient (Wildman–Crippen LogP) is 2.94. The van der Waals surface area contributed by atoms with E-state index in [9.17, 15) is 13.2 Å². The van der Waals surface area contributed by atoms with Crippen molar-refractivity contribution in [2.45, 2.75) is 37.5 Å². The molecule has 20 heavy (non-hydrogen) atoms. The zero-order chi connectivity index (χ0) is 14.3. The van der Waals surface area contributed by atoms with Crippen LogP contribution in [0.3, 0.4) is 0 Å². The summed E-state index contributed by atoms with van der Waals surface area (Å²) in [4.78, 5) is 2.36. The van der Waals surface area contributed by atoms with Crippen LogP contribution in [-0.2, 0) is 6.18 Å². The number of hydrogen-bond donors (Lipinski definition) is 2. The van der Waals surface area contributed by atoms with Crippen molar-refractivity contribution < 1.29 is 13.2 Å². The lowest BCUT2D eigenvalue weighted by Gasteiger charge is -2.24. The summed E-state index contributed by atoms with van der Waals surface area (Å²) in [5.74, 6) is 0. The highest BCUT2D eigenvalue weighted by atomic mass is 19.4. The van der Waals surface area contributed by atoms with Gasteiger partial charge in [0.15, 0.2) is 0 Å². The molecule has 2 heterocycles. The van der Waals surface area contributed by atoms with Crippen molar-refractivity contribution >= 4 is 11.4 Å². The lowest BCUT2D eigenvalue weighted by molar-refractivity contribution is -0.136. The minimum absolute atomic E-state index is 0.0993. The van der Waals surface area contributed by atoms with E-state index in [0.717, 1.165) is 38.4 Å². The molecule has 3 rings (SSSR count). The maximum absolute atomic E-state index is 13.1. The van der Waals surface area contributed by atoms with Gasteiger partial charge < -0.3 is 11.1 Å². The summed E-state index contributed by atoms with van der Waals surface area (Å²) in [7, 11) is 0. The number of nitrogens with two attached hydrogens (primary N) is 1. The smallest absolute Gasteiger partial charge is 0.399 e. The molecule has 2 fully saturated rings. The van der Waals surface area contributed by atoms with Gasteiger partial charge in [-0.05, 0) is 44.0 Å². The van der Waals surface area contributed by atoms with Crippen LogP contribution >= 0.6 is 0 Å². The summed E-state index contributed by atoms with van der Waals surface area (Å²) >= 11 is 0. The van der Waals surface area contributed by atoms with E-state index in [0.29, 0.717) is 6.04 Å². The van der Waals surface area contributed by atoms with Crippen molar-refractivity contribution in [2.24, 2.45) is 0 Å². The zero-order valence-electron chi connectivity index (χ0n) is 11.1. The molecule has 2 atom stereocenters. The molecule has 0 bridgehead atoms. The Labute approximate surface area is 115 Å². The minimum atomic E-state index is -4.38. The summed E-state index contributed by atoms with van der Waals surface area (Å²) in [6.45, 7) is 2.04. The van der Waals surface area contributed by atoms with Crippen LogP contribution in [0.4, 0.5) is 24.5 Å². The van der Waals surface area contributed by atoms with E-state index in [-0.39, 0.29) is 17.4 Å². The Balaban J connectivity index is 1.84. The number of halogens is 3. The molecule has 2 aliphatic rings. The normalized spacial score (nSPS) is 26.8. The van der Waals surface area contributed by atoms with Crippen LogP contribution in [0.1, 0.15) is 24.8 Å². The Kier molecular flexibility index (Phi) is 3.28. The lowest BCUT2D eigenvalue weighted by atomic mass is 10.0. The fourth-order valence-electron chi connectivity index (χ4n) is 3.37. The quantitative estimate of drug-likeness (QED) is 0.821. The molecule has 0 aliphatic carbocycles. The van der Waals surface area contributed by atoms with Crippen molar-refractivity contribution in [2.75, 3.05) is 24.1 Å². The van der Waals surface area contributed by atoms with Crippen LogP contribution in [-0.4, -0.2) is 30.1 Å². The van der Waals surface area contributed by atoms with Gasteiger partial charge in [0.05, 0.1) is 5.56 Å². The van der Waals surface area contributed by atoms with E-state index in [1.165, 1.54) is 12.1 Å². The molecule has 2 saturated heterocycles. The second-order valence-corrected chi connectivity index (χ2v) is 5.59. The van der Waals surface area contributed by atoms with Gasteiger partial charge in [-0.1, -0.05) is 0 Å². The number of nitrogens with one attached hydrogen (secondary N) is 1. The standard InChI is InChI=1S/C14H18F3N3/c15-14(16,17)10-8-9(18)3-4-11(10)19-12-5-7-20-6-1-2-13(12)20/h3-4,8,12-13,19H,1-2,5-7,18H2. The average Bonchev–Trinajstić information content (AvgIpc) is 2.95. The Morgan fingerprint density at radius 3 is 2.75 bits per heavy atom. The first kappa shape index (κ1) is 13.5. The number of alkyl halides is 3. The third-order valence-electron chi connectivity index (χ3n) is 4.30. The molecule has 6 heteroatoms. The van der Waals surface area contributed by atoms with Gasteiger partial charge in [-0.2, -0.15) is 13.2 Å². The van der Waals surface area contributed by atoms with Crippen LogP contribution < -0.4 is 11.1 Å². The van der Waals surface area contributed by atoms with Crippen molar-refractivity contribution in [3.05, 3.63) is 23.8 Å². The fraction of sp³-hybridized carbons (Fsp3) is 0.571. The Bertz CT molecular complexity index is 501. The third-order valence-corrected chi connectivity index (χ3v) is 4.30. The van der Waals surface area contributed by atoms with Crippen molar-refractivity contribution in [1.29, 1.82) is 0 Å².